The molecule has 0 aliphatic heterocycles. The van der Waals surface area contributed by atoms with Crippen LogP contribution in [0.3, 0.4) is 0 Å². The van der Waals surface area contributed by atoms with Crippen molar-refractivity contribution in [1.29, 1.82) is 5.26 Å². The van der Waals surface area contributed by atoms with E-state index < -0.39 is 21.5 Å². The minimum Gasteiger partial charge on any atom is -0.506 e. The molecule has 0 spiro atoms. The molecule has 0 aliphatic carbocycles. The zero-order chi connectivity index (χ0) is 23.4. The number of aryl methyl sites for hydroxylation is 1. The van der Waals surface area contributed by atoms with Gasteiger partial charge in [0.2, 0.25) is 0 Å². The van der Waals surface area contributed by atoms with Crippen molar-refractivity contribution in [3.63, 3.8) is 0 Å². The predicted octanol–water partition coefficient (Wildman–Crippen LogP) is 4.32. The molecule has 0 saturated heterocycles. The summed E-state index contributed by atoms with van der Waals surface area (Å²) >= 11 is 0. The lowest BCUT2D eigenvalue weighted by Crippen LogP contribution is -2.13. The Balaban J connectivity index is 1.86. The number of hydrogen-bond donors (Lipinski definition) is 2. The summed E-state index contributed by atoms with van der Waals surface area (Å²) < 4.78 is 5.56. The second-order valence-corrected chi connectivity index (χ2v) is 6.56. The van der Waals surface area contributed by atoms with Gasteiger partial charge in [-0.1, -0.05) is 6.07 Å². The number of phenolic OH excluding ortho intramolecular Hbond substituents is 1. The number of nitro groups is 2. The van der Waals surface area contributed by atoms with Crippen molar-refractivity contribution in [3.05, 3.63) is 85.7 Å². The van der Waals surface area contributed by atoms with Crippen LogP contribution in [0.2, 0.25) is 0 Å². The molecule has 11 nitrogen and oxygen atoms in total. The molecule has 0 aliphatic rings. The summed E-state index contributed by atoms with van der Waals surface area (Å²) in [6.45, 7) is 1.72. The molecule has 160 valence electrons. The van der Waals surface area contributed by atoms with Crippen molar-refractivity contribution in [2.75, 3.05) is 5.32 Å². The van der Waals surface area contributed by atoms with Crippen molar-refractivity contribution in [3.8, 4) is 23.1 Å². The van der Waals surface area contributed by atoms with E-state index in [4.69, 9.17) is 4.42 Å². The number of phenols is 1. The molecule has 0 fully saturated rings. The van der Waals surface area contributed by atoms with E-state index in [0.717, 1.165) is 24.3 Å². The Kier molecular flexibility index (Phi) is 5.97. The number of carbonyl (C=O) groups excluding carboxylic acids is 1. The third kappa shape index (κ3) is 4.60. The van der Waals surface area contributed by atoms with Crippen molar-refractivity contribution < 1.29 is 24.2 Å². The van der Waals surface area contributed by atoms with Crippen LogP contribution in [0, 0.1) is 38.5 Å². The molecule has 0 saturated carbocycles. The zero-order valence-corrected chi connectivity index (χ0v) is 16.4. The first kappa shape index (κ1) is 21.7. The van der Waals surface area contributed by atoms with Crippen LogP contribution in [0.15, 0.2) is 58.5 Å². The molecule has 1 heterocycles. The van der Waals surface area contributed by atoms with Crippen LogP contribution in [0.5, 0.6) is 5.75 Å². The number of anilines is 1. The molecule has 2 aromatic carbocycles. The van der Waals surface area contributed by atoms with E-state index in [1.807, 2.05) is 0 Å². The Morgan fingerprint density at radius 3 is 2.50 bits per heavy atom. The van der Waals surface area contributed by atoms with Gasteiger partial charge in [0, 0.05) is 18.2 Å². The number of nitriles is 1. The number of carbonyl (C=O) groups is 1. The van der Waals surface area contributed by atoms with Crippen LogP contribution < -0.4 is 5.32 Å². The largest absolute Gasteiger partial charge is 0.506 e. The van der Waals surface area contributed by atoms with Gasteiger partial charge in [0.25, 0.3) is 17.3 Å². The van der Waals surface area contributed by atoms with E-state index in [2.05, 4.69) is 5.32 Å². The summed E-state index contributed by atoms with van der Waals surface area (Å²) in [4.78, 5) is 33.2. The first-order valence-corrected chi connectivity index (χ1v) is 8.95. The van der Waals surface area contributed by atoms with E-state index >= 15 is 0 Å². The molecule has 32 heavy (non-hydrogen) atoms. The van der Waals surface area contributed by atoms with Crippen molar-refractivity contribution in [2.24, 2.45) is 0 Å². The standard InChI is InChI=1S/C21H14N4O7/c1-12-2-5-16(18(8-12)25(30)31)20-7-4-15(32-20)9-13(11-22)21(27)23-17-6-3-14(24(28)29)10-19(17)26/h2-10,26H,1H3,(H,23,27). The third-order valence-corrected chi connectivity index (χ3v) is 4.33. The highest BCUT2D eigenvalue weighted by Gasteiger charge is 2.19. The average molecular weight is 434 g/mol. The maximum Gasteiger partial charge on any atom is 0.280 e. The fraction of sp³-hybridized carbons (Fsp3) is 0.0476. The summed E-state index contributed by atoms with van der Waals surface area (Å²) in [5, 5.41) is 43.5. The van der Waals surface area contributed by atoms with Crippen LogP contribution in [-0.4, -0.2) is 20.9 Å². The molecule has 3 aromatic rings. The second-order valence-electron chi connectivity index (χ2n) is 6.56. The Morgan fingerprint density at radius 2 is 1.88 bits per heavy atom. The van der Waals surface area contributed by atoms with Crippen molar-refractivity contribution >= 4 is 29.0 Å². The van der Waals surface area contributed by atoms with E-state index in [0.29, 0.717) is 5.56 Å². The number of nitrogens with one attached hydrogen (secondary N) is 1. The highest BCUT2D eigenvalue weighted by Crippen LogP contribution is 2.33. The molecular weight excluding hydrogens is 420 g/mol. The van der Waals surface area contributed by atoms with Gasteiger partial charge >= 0.3 is 0 Å². The molecule has 3 rings (SSSR count). The summed E-state index contributed by atoms with van der Waals surface area (Å²) in [6.07, 6.45) is 1.13. The highest BCUT2D eigenvalue weighted by molar-refractivity contribution is 6.10. The van der Waals surface area contributed by atoms with Crippen LogP contribution in [0.25, 0.3) is 17.4 Å². The maximum atomic E-state index is 12.4. The van der Waals surface area contributed by atoms with Crippen molar-refractivity contribution in [1.82, 2.24) is 0 Å². The minimum absolute atomic E-state index is 0.0921. The fourth-order valence-corrected chi connectivity index (χ4v) is 2.80. The average Bonchev–Trinajstić information content (AvgIpc) is 3.21. The lowest BCUT2D eigenvalue weighted by molar-refractivity contribution is -0.385. The Bertz CT molecular complexity index is 1320. The maximum absolute atomic E-state index is 12.4. The number of nitrogens with zero attached hydrogens (tertiary/aromatic N) is 3. The molecule has 1 amide bonds. The summed E-state index contributed by atoms with van der Waals surface area (Å²) in [5.41, 5.74) is -0.102. The van der Waals surface area contributed by atoms with Gasteiger partial charge in [-0.15, -0.1) is 0 Å². The van der Waals surface area contributed by atoms with E-state index in [1.165, 1.54) is 24.3 Å². The van der Waals surface area contributed by atoms with E-state index in [-0.39, 0.29) is 39.7 Å². The topological polar surface area (TPSA) is 173 Å². The van der Waals surface area contributed by atoms with Gasteiger partial charge in [-0.05, 0) is 36.8 Å². The van der Waals surface area contributed by atoms with Crippen LogP contribution in [0.4, 0.5) is 17.1 Å². The smallest absolute Gasteiger partial charge is 0.280 e. The molecule has 1 aromatic heterocycles. The minimum atomic E-state index is -0.893. The van der Waals surface area contributed by atoms with Crippen molar-refractivity contribution in [2.45, 2.75) is 6.92 Å². The van der Waals surface area contributed by atoms with Crippen LogP contribution >= 0.6 is 0 Å². The summed E-state index contributed by atoms with van der Waals surface area (Å²) in [7, 11) is 0. The van der Waals surface area contributed by atoms with E-state index in [9.17, 15) is 35.4 Å². The first-order valence-electron chi connectivity index (χ1n) is 8.95. The quantitative estimate of drug-likeness (QED) is 0.190. The van der Waals surface area contributed by atoms with Gasteiger partial charge in [0.1, 0.15) is 28.9 Å². The van der Waals surface area contributed by atoms with Gasteiger partial charge in [0.15, 0.2) is 0 Å². The second kappa shape index (κ2) is 8.80. The number of rotatable bonds is 6. The predicted molar refractivity (Wildman–Crippen MR) is 113 cm³/mol. The molecule has 2 N–H and O–H groups in total. The SMILES string of the molecule is Cc1ccc(-c2ccc(C=C(C#N)C(=O)Nc3ccc([N+](=O)[O-])cc3O)o2)c([N+](=O)[O-])c1. The zero-order valence-electron chi connectivity index (χ0n) is 16.4. The number of nitro benzene ring substituents is 2. The van der Waals surface area contributed by atoms with Gasteiger partial charge in [-0.25, -0.2) is 0 Å². The molecule has 0 radical (unpaired) electrons. The van der Waals surface area contributed by atoms with Gasteiger partial charge < -0.3 is 14.8 Å². The fourth-order valence-electron chi connectivity index (χ4n) is 2.80. The summed E-state index contributed by atoms with van der Waals surface area (Å²) in [5.74, 6) is -1.17. The van der Waals surface area contributed by atoms with Gasteiger partial charge in [-0.3, -0.25) is 25.0 Å². The lowest BCUT2D eigenvalue weighted by atomic mass is 10.1. The normalized spacial score (nSPS) is 10.9. The molecule has 0 bridgehead atoms. The molecular formula is C21H14N4O7. The molecule has 0 atom stereocenters. The number of amides is 1. The number of furan rings is 1. The molecule has 11 heteroatoms. The van der Waals surface area contributed by atoms with Crippen LogP contribution in [-0.2, 0) is 4.79 Å². The number of aromatic hydroxyl groups is 1. The van der Waals surface area contributed by atoms with Gasteiger partial charge in [0.05, 0.1) is 27.2 Å². The van der Waals surface area contributed by atoms with Crippen LogP contribution in [0.1, 0.15) is 11.3 Å². The van der Waals surface area contributed by atoms with E-state index in [1.54, 1.807) is 19.1 Å². The number of benzene rings is 2. The Morgan fingerprint density at radius 1 is 1.12 bits per heavy atom. The third-order valence-electron chi connectivity index (χ3n) is 4.33. The first-order chi connectivity index (χ1) is 15.2. The number of non-ortho nitro benzene ring substituents is 1. The summed E-state index contributed by atoms with van der Waals surface area (Å²) in [6, 6.07) is 12.3. The number of hydrogen-bond acceptors (Lipinski definition) is 8. The molecule has 0 unspecified atom stereocenters. The highest BCUT2D eigenvalue weighted by atomic mass is 16.6. The Hall–Kier alpha value is -4.98. The lowest BCUT2D eigenvalue weighted by Gasteiger charge is -2.06. The van der Waals surface area contributed by atoms with Gasteiger partial charge in [-0.2, -0.15) is 5.26 Å². The monoisotopic (exact) mass is 434 g/mol. The Labute approximate surface area is 180 Å².